The molecule has 0 saturated heterocycles. The van der Waals surface area contributed by atoms with Crippen LogP contribution >= 0.6 is 0 Å². The molecular weight excluding hydrogens is 298 g/mol. The van der Waals surface area contributed by atoms with Crippen molar-refractivity contribution in [2.24, 2.45) is 0 Å². The van der Waals surface area contributed by atoms with Gasteiger partial charge in [0.25, 0.3) is 0 Å². The Morgan fingerprint density at radius 3 is 2.39 bits per heavy atom. The second kappa shape index (κ2) is 6.48. The van der Waals surface area contributed by atoms with Gasteiger partial charge in [-0.3, -0.25) is 0 Å². The summed E-state index contributed by atoms with van der Waals surface area (Å²) in [5.74, 6) is -1.85. The van der Waals surface area contributed by atoms with Gasteiger partial charge in [-0.1, -0.05) is 42.5 Å². The molecule has 2 atom stereocenters. The fourth-order valence-corrected chi connectivity index (χ4v) is 2.98. The molecule has 2 unspecified atom stereocenters. The SMILES string of the molecule is CNCC(O)C(c1ccccc1)n1c(F)c(F)c2ccccc21. The number of hydrogen-bond donors (Lipinski definition) is 2. The molecule has 0 saturated carbocycles. The van der Waals surface area contributed by atoms with Crippen LogP contribution in [0.1, 0.15) is 11.6 Å². The molecule has 1 aromatic heterocycles. The van der Waals surface area contributed by atoms with E-state index in [1.54, 1.807) is 37.4 Å². The van der Waals surface area contributed by atoms with Gasteiger partial charge in [0.1, 0.15) is 0 Å². The van der Waals surface area contributed by atoms with Crippen LogP contribution in [0.25, 0.3) is 10.9 Å². The number of rotatable bonds is 5. The monoisotopic (exact) mass is 316 g/mol. The Balaban J connectivity index is 2.24. The maximum atomic E-state index is 14.6. The van der Waals surface area contributed by atoms with Gasteiger partial charge in [-0.25, -0.2) is 4.39 Å². The third kappa shape index (κ3) is 2.73. The fraction of sp³-hybridized carbons (Fsp3) is 0.222. The van der Waals surface area contributed by atoms with E-state index in [4.69, 9.17) is 0 Å². The van der Waals surface area contributed by atoms with E-state index in [1.807, 2.05) is 18.2 Å². The van der Waals surface area contributed by atoms with Crippen LogP contribution in [-0.2, 0) is 0 Å². The number of halogens is 2. The van der Waals surface area contributed by atoms with Crippen molar-refractivity contribution in [3.05, 3.63) is 71.9 Å². The lowest BCUT2D eigenvalue weighted by atomic mass is 10.0. The Kier molecular flexibility index (Phi) is 4.41. The lowest BCUT2D eigenvalue weighted by molar-refractivity contribution is 0.126. The molecule has 3 nitrogen and oxygen atoms in total. The number of nitrogens with zero attached hydrogens (tertiary/aromatic N) is 1. The minimum absolute atomic E-state index is 0.211. The summed E-state index contributed by atoms with van der Waals surface area (Å²) in [6.45, 7) is 0.257. The predicted octanol–water partition coefficient (Wildman–Crippen LogP) is 3.09. The van der Waals surface area contributed by atoms with Crippen LogP contribution in [0, 0.1) is 11.8 Å². The van der Waals surface area contributed by atoms with Crippen LogP contribution in [0.15, 0.2) is 54.6 Å². The number of benzene rings is 2. The van der Waals surface area contributed by atoms with E-state index in [0.717, 1.165) is 5.56 Å². The molecule has 2 aromatic carbocycles. The van der Waals surface area contributed by atoms with Crippen molar-refractivity contribution in [2.75, 3.05) is 13.6 Å². The van der Waals surface area contributed by atoms with Crippen LogP contribution in [0.3, 0.4) is 0 Å². The van der Waals surface area contributed by atoms with Gasteiger partial charge in [-0.2, -0.15) is 4.39 Å². The first-order valence-electron chi connectivity index (χ1n) is 7.46. The number of aromatic nitrogens is 1. The summed E-state index contributed by atoms with van der Waals surface area (Å²) in [6, 6.07) is 14.9. The van der Waals surface area contributed by atoms with E-state index >= 15 is 0 Å². The highest BCUT2D eigenvalue weighted by Gasteiger charge is 2.29. The minimum Gasteiger partial charge on any atom is -0.389 e. The highest BCUT2D eigenvalue weighted by Crippen LogP contribution is 2.32. The Bertz CT molecular complexity index is 801. The van der Waals surface area contributed by atoms with E-state index in [0.29, 0.717) is 5.52 Å². The summed E-state index contributed by atoms with van der Waals surface area (Å²) in [4.78, 5) is 0. The second-order valence-electron chi connectivity index (χ2n) is 5.47. The zero-order valence-electron chi connectivity index (χ0n) is 12.7. The van der Waals surface area contributed by atoms with E-state index in [9.17, 15) is 13.9 Å². The number of para-hydroxylation sites is 1. The van der Waals surface area contributed by atoms with Crippen LogP contribution in [0.4, 0.5) is 8.78 Å². The maximum Gasteiger partial charge on any atom is 0.231 e. The zero-order chi connectivity index (χ0) is 16.4. The first-order chi connectivity index (χ1) is 11.1. The number of fused-ring (bicyclic) bond motifs is 1. The standard InChI is InChI=1S/C18H18F2N2O/c1-21-11-15(23)17(12-7-3-2-4-8-12)22-14-10-6-5-9-13(14)16(19)18(22)20/h2-10,15,17,21,23H,11H2,1H3. The van der Waals surface area contributed by atoms with Gasteiger partial charge in [-0.05, 0) is 24.7 Å². The molecule has 2 N–H and O–H groups in total. The Hall–Kier alpha value is -2.24. The zero-order valence-corrected chi connectivity index (χ0v) is 12.7. The second-order valence-corrected chi connectivity index (χ2v) is 5.47. The molecule has 23 heavy (non-hydrogen) atoms. The molecule has 0 aliphatic carbocycles. The first-order valence-corrected chi connectivity index (χ1v) is 7.46. The van der Waals surface area contributed by atoms with Crippen molar-refractivity contribution in [3.63, 3.8) is 0 Å². The first kappa shape index (κ1) is 15.6. The molecule has 0 fully saturated rings. The molecule has 0 aliphatic heterocycles. The maximum absolute atomic E-state index is 14.6. The average molecular weight is 316 g/mol. The Morgan fingerprint density at radius 2 is 1.70 bits per heavy atom. The lowest BCUT2D eigenvalue weighted by Crippen LogP contribution is -2.34. The van der Waals surface area contributed by atoms with E-state index < -0.39 is 23.9 Å². The smallest absolute Gasteiger partial charge is 0.231 e. The Labute approximate surface area is 133 Å². The molecule has 120 valence electrons. The predicted molar refractivity (Wildman–Crippen MR) is 86.4 cm³/mol. The van der Waals surface area contributed by atoms with E-state index in [1.165, 1.54) is 10.6 Å². The molecule has 0 radical (unpaired) electrons. The summed E-state index contributed by atoms with van der Waals surface area (Å²) in [5, 5.41) is 13.6. The summed E-state index contributed by atoms with van der Waals surface area (Å²) < 4.78 is 30.1. The normalized spacial score (nSPS) is 14.1. The molecule has 3 aromatic rings. The lowest BCUT2D eigenvalue weighted by Gasteiger charge is -2.26. The quantitative estimate of drug-likeness (QED) is 0.759. The molecule has 0 bridgehead atoms. The molecule has 3 rings (SSSR count). The molecule has 5 heteroatoms. The van der Waals surface area contributed by atoms with Gasteiger partial charge in [0.2, 0.25) is 5.95 Å². The molecule has 1 heterocycles. The number of aliphatic hydroxyl groups excluding tert-OH is 1. The van der Waals surface area contributed by atoms with Gasteiger partial charge in [0, 0.05) is 11.9 Å². The van der Waals surface area contributed by atoms with Gasteiger partial charge in [0.15, 0.2) is 5.82 Å². The van der Waals surface area contributed by atoms with E-state index in [2.05, 4.69) is 5.32 Å². The number of nitrogens with one attached hydrogen (secondary N) is 1. The van der Waals surface area contributed by atoms with Crippen molar-refractivity contribution in [1.82, 2.24) is 9.88 Å². The molecule has 0 aliphatic rings. The third-order valence-corrected chi connectivity index (χ3v) is 3.99. The minimum atomic E-state index is -0.963. The number of likely N-dealkylation sites (N-methyl/N-ethyl adjacent to an activating group) is 1. The highest BCUT2D eigenvalue weighted by molar-refractivity contribution is 5.81. The summed E-state index contributed by atoms with van der Waals surface area (Å²) in [7, 11) is 1.70. The van der Waals surface area contributed by atoms with Gasteiger partial charge in [-0.15, -0.1) is 0 Å². The van der Waals surface area contributed by atoms with Crippen molar-refractivity contribution in [2.45, 2.75) is 12.1 Å². The third-order valence-electron chi connectivity index (χ3n) is 3.99. The number of hydrogen-bond acceptors (Lipinski definition) is 2. The topological polar surface area (TPSA) is 37.2 Å². The summed E-state index contributed by atoms with van der Waals surface area (Å²) in [5.41, 5.74) is 1.14. The average Bonchev–Trinajstić information content (AvgIpc) is 2.82. The molecule has 0 amide bonds. The number of aliphatic hydroxyl groups is 1. The Morgan fingerprint density at radius 1 is 1.04 bits per heavy atom. The van der Waals surface area contributed by atoms with Crippen LogP contribution in [0.5, 0.6) is 0 Å². The van der Waals surface area contributed by atoms with Crippen LogP contribution in [0.2, 0.25) is 0 Å². The van der Waals surface area contributed by atoms with Crippen LogP contribution < -0.4 is 5.32 Å². The summed E-state index contributed by atoms with van der Waals surface area (Å²) in [6.07, 6.45) is -0.910. The fourth-order valence-electron chi connectivity index (χ4n) is 2.98. The largest absolute Gasteiger partial charge is 0.389 e. The summed E-state index contributed by atoms with van der Waals surface area (Å²) >= 11 is 0. The van der Waals surface area contributed by atoms with Crippen molar-refractivity contribution >= 4 is 10.9 Å². The van der Waals surface area contributed by atoms with Crippen molar-refractivity contribution < 1.29 is 13.9 Å². The molecule has 0 spiro atoms. The highest BCUT2D eigenvalue weighted by atomic mass is 19.2. The van der Waals surface area contributed by atoms with Gasteiger partial charge < -0.3 is 15.0 Å². The van der Waals surface area contributed by atoms with E-state index in [-0.39, 0.29) is 11.9 Å². The van der Waals surface area contributed by atoms with Crippen LogP contribution in [-0.4, -0.2) is 29.4 Å². The molecular formula is C18H18F2N2O. The van der Waals surface area contributed by atoms with Crippen molar-refractivity contribution in [1.29, 1.82) is 0 Å². The van der Waals surface area contributed by atoms with Crippen molar-refractivity contribution in [3.8, 4) is 0 Å². The van der Waals surface area contributed by atoms with Gasteiger partial charge in [0.05, 0.1) is 17.7 Å². The van der Waals surface area contributed by atoms with Gasteiger partial charge >= 0.3 is 0 Å².